The maximum Gasteiger partial charge on any atom is 0.416 e. The summed E-state index contributed by atoms with van der Waals surface area (Å²) in [6.45, 7) is 0.0557. The number of carbonyl (C=O) groups is 3. The van der Waals surface area contributed by atoms with E-state index in [1.165, 1.54) is 24.1 Å². The van der Waals surface area contributed by atoms with Crippen LogP contribution in [0.3, 0.4) is 0 Å². The van der Waals surface area contributed by atoms with E-state index in [2.05, 4.69) is 10.3 Å². The average Bonchev–Trinajstić information content (AvgIpc) is 3.46. The number of hydrogen-bond acceptors (Lipinski definition) is 5. The molecule has 0 radical (unpaired) electrons. The van der Waals surface area contributed by atoms with Crippen molar-refractivity contribution in [3.8, 4) is 0 Å². The van der Waals surface area contributed by atoms with Crippen LogP contribution < -0.4 is 16.0 Å². The van der Waals surface area contributed by atoms with Gasteiger partial charge in [-0.2, -0.15) is 13.2 Å². The number of benzene rings is 3. The van der Waals surface area contributed by atoms with Gasteiger partial charge >= 0.3 is 6.18 Å². The monoisotopic (exact) mass is 592 g/mol. The fourth-order valence-electron chi connectivity index (χ4n) is 5.81. The number of primary amides is 1. The number of para-hydroxylation sites is 1. The van der Waals surface area contributed by atoms with Gasteiger partial charge in [0.2, 0.25) is 18.0 Å². The molecule has 0 saturated heterocycles. The van der Waals surface area contributed by atoms with Gasteiger partial charge in [0.15, 0.2) is 6.10 Å². The molecule has 0 spiro atoms. The highest BCUT2D eigenvalue weighted by molar-refractivity contribution is 6.20. The van der Waals surface area contributed by atoms with Gasteiger partial charge in [-0.3, -0.25) is 14.4 Å². The molecule has 11 heteroatoms. The van der Waals surface area contributed by atoms with Crippen LogP contribution in [0.15, 0.2) is 83.9 Å². The minimum absolute atomic E-state index is 0.0557. The fraction of sp³-hybridized carbons (Fsp3) is 0.312. The lowest BCUT2D eigenvalue weighted by Gasteiger charge is -2.35. The van der Waals surface area contributed by atoms with Crippen LogP contribution in [0.25, 0.3) is 0 Å². The Hall–Kier alpha value is -4.51. The van der Waals surface area contributed by atoms with E-state index >= 15 is 0 Å². The highest BCUT2D eigenvalue weighted by atomic mass is 19.4. The standard InChI is InChI=1S/C32H31F3N4O4/c1-39-24-12-6-5-11-23(24)25(21-13-15-22(16-14-21)32(33,34)35)37-28(29(39)41)38-30(42)31(17-7-8-18-31)26(27(36)40)43-19-20-9-3-2-4-10-20/h2-6,9-16,26,28H,7-8,17-19H2,1H3,(H2,36,40)(H,38,42). The van der Waals surface area contributed by atoms with Gasteiger partial charge in [-0.15, -0.1) is 0 Å². The number of nitrogens with two attached hydrogens (primary N) is 1. The lowest BCUT2D eigenvalue weighted by atomic mass is 9.78. The zero-order valence-corrected chi connectivity index (χ0v) is 23.4. The number of likely N-dealkylation sites (N-methyl/N-ethyl adjacent to an activating group) is 1. The van der Waals surface area contributed by atoms with Crippen LogP contribution in [0.1, 0.15) is 47.9 Å². The number of halogens is 3. The molecule has 2 unspecified atom stereocenters. The minimum Gasteiger partial charge on any atom is -0.367 e. The van der Waals surface area contributed by atoms with E-state index in [0.717, 1.165) is 17.7 Å². The first-order valence-corrected chi connectivity index (χ1v) is 13.9. The molecule has 1 fully saturated rings. The Morgan fingerprint density at radius 1 is 1.02 bits per heavy atom. The highest BCUT2D eigenvalue weighted by Gasteiger charge is 2.52. The molecule has 1 saturated carbocycles. The van der Waals surface area contributed by atoms with Crippen molar-refractivity contribution >= 4 is 29.1 Å². The van der Waals surface area contributed by atoms with Crippen molar-refractivity contribution < 1.29 is 32.3 Å². The number of benzodiazepines with no additional fused rings is 1. The maximum atomic E-state index is 14.1. The second kappa shape index (κ2) is 12.0. The molecular weight excluding hydrogens is 561 g/mol. The van der Waals surface area contributed by atoms with Crippen molar-refractivity contribution in [2.24, 2.45) is 16.1 Å². The van der Waals surface area contributed by atoms with Crippen molar-refractivity contribution in [1.29, 1.82) is 0 Å². The predicted molar refractivity (Wildman–Crippen MR) is 154 cm³/mol. The summed E-state index contributed by atoms with van der Waals surface area (Å²) in [4.78, 5) is 46.4. The average molecular weight is 593 g/mol. The topological polar surface area (TPSA) is 114 Å². The van der Waals surface area contributed by atoms with Crippen LogP contribution in [0.2, 0.25) is 0 Å². The number of anilines is 1. The Morgan fingerprint density at radius 3 is 2.28 bits per heavy atom. The van der Waals surface area contributed by atoms with Crippen LogP contribution in [-0.4, -0.2) is 42.8 Å². The smallest absolute Gasteiger partial charge is 0.367 e. The van der Waals surface area contributed by atoms with E-state index in [4.69, 9.17) is 10.5 Å². The molecule has 0 aromatic heterocycles. The third-order valence-corrected chi connectivity index (χ3v) is 8.06. The van der Waals surface area contributed by atoms with Gasteiger partial charge in [0.25, 0.3) is 5.91 Å². The lowest BCUT2D eigenvalue weighted by molar-refractivity contribution is -0.154. The third kappa shape index (κ3) is 6.03. The Labute approximate surface area is 246 Å². The highest BCUT2D eigenvalue weighted by Crippen LogP contribution is 2.43. The van der Waals surface area contributed by atoms with Crippen LogP contribution >= 0.6 is 0 Å². The molecule has 3 amide bonds. The Balaban J connectivity index is 1.50. The third-order valence-electron chi connectivity index (χ3n) is 8.06. The summed E-state index contributed by atoms with van der Waals surface area (Å²) < 4.78 is 45.8. The minimum atomic E-state index is -4.52. The summed E-state index contributed by atoms with van der Waals surface area (Å²) in [5.41, 5.74) is 5.97. The predicted octanol–water partition coefficient (Wildman–Crippen LogP) is 4.59. The molecule has 1 heterocycles. The Bertz CT molecular complexity index is 1530. The maximum absolute atomic E-state index is 14.1. The van der Waals surface area contributed by atoms with E-state index in [1.54, 1.807) is 24.3 Å². The first-order valence-electron chi connectivity index (χ1n) is 13.9. The molecular formula is C32H31F3N4O4. The molecule has 5 rings (SSSR count). The van der Waals surface area contributed by atoms with Gasteiger partial charge in [0.05, 0.1) is 29.0 Å². The van der Waals surface area contributed by atoms with Crippen molar-refractivity contribution in [1.82, 2.24) is 5.32 Å². The number of ether oxygens (including phenoxy) is 1. The summed E-state index contributed by atoms with van der Waals surface area (Å²) >= 11 is 0. The molecule has 8 nitrogen and oxygen atoms in total. The zero-order chi connectivity index (χ0) is 30.8. The van der Waals surface area contributed by atoms with Crippen LogP contribution in [0.5, 0.6) is 0 Å². The number of amides is 3. The van der Waals surface area contributed by atoms with Gasteiger partial charge in [-0.05, 0) is 36.6 Å². The lowest BCUT2D eigenvalue weighted by Crippen LogP contribution is -2.57. The molecule has 224 valence electrons. The van der Waals surface area contributed by atoms with Crippen molar-refractivity contribution in [3.63, 3.8) is 0 Å². The molecule has 3 aromatic rings. The zero-order valence-electron chi connectivity index (χ0n) is 23.4. The Morgan fingerprint density at radius 2 is 1.65 bits per heavy atom. The van der Waals surface area contributed by atoms with Crippen LogP contribution in [-0.2, 0) is 31.9 Å². The number of alkyl halides is 3. The fourth-order valence-corrected chi connectivity index (χ4v) is 5.81. The molecule has 1 aliphatic carbocycles. The van der Waals surface area contributed by atoms with E-state index < -0.39 is 47.1 Å². The van der Waals surface area contributed by atoms with Gasteiger partial charge in [-0.25, -0.2) is 4.99 Å². The van der Waals surface area contributed by atoms with E-state index in [0.29, 0.717) is 42.5 Å². The summed E-state index contributed by atoms with van der Waals surface area (Å²) in [5, 5.41) is 2.74. The van der Waals surface area contributed by atoms with Crippen LogP contribution in [0, 0.1) is 5.41 Å². The molecule has 3 aromatic carbocycles. The van der Waals surface area contributed by atoms with Crippen molar-refractivity contribution in [2.45, 2.75) is 50.7 Å². The molecule has 1 aliphatic heterocycles. The second-order valence-corrected chi connectivity index (χ2v) is 10.8. The normalized spacial score (nSPS) is 18.8. The van der Waals surface area contributed by atoms with Crippen molar-refractivity contribution in [2.75, 3.05) is 11.9 Å². The number of nitrogens with one attached hydrogen (secondary N) is 1. The summed E-state index contributed by atoms with van der Waals surface area (Å²) in [6, 6.07) is 20.5. The molecule has 2 aliphatic rings. The molecule has 0 bridgehead atoms. The summed E-state index contributed by atoms with van der Waals surface area (Å²) in [5.74, 6) is -1.95. The number of fused-ring (bicyclic) bond motifs is 1. The Kier molecular flexibility index (Phi) is 8.36. The molecule has 3 N–H and O–H groups in total. The van der Waals surface area contributed by atoms with Gasteiger partial charge in [-0.1, -0.05) is 73.5 Å². The quantitative estimate of drug-likeness (QED) is 0.398. The summed E-state index contributed by atoms with van der Waals surface area (Å²) in [7, 11) is 1.53. The number of aliphatic imine (C=N–C) groups is 1. The number of hydrogen-bond donors (Lipinski definition) is 2. The number of nitrogens with zero attached hydrogens (tertiary/aromatic N) is 2. The first-order chi connectivity index (χ1) is 20.5. The number of carbonyl (C=O) groups excluding carboxylic acids is 3. The van der Waals surface area contributed by atoms with Crippen LogP contribution in [0.4, 0.5) is 18.9 Å². The number of rotatable bonds is 8. The van der Waals surface area contributed by atoms with Gasteiger partial charge < -0.3 is 20.7 Å². The van der Waals surface area contributed by atoms with Gasteiger partial charge in [0, 0.05) is 18.2 Å². The van der Waals surface area contributed by atoms with E-state index in [9.17, 15) is 27.6 Å². The first kappa shape index (κ1) is 30.0. The molecule has 43 heavy (non-hydrogen) atoms. The van der Waals surface area contributed by atoms with E-state index in [1.807, 2.05) is 30.3 Å². The summed E-state index contributed by atoms with van der Waals surface area (Å²) in [6.07, 6.45) is -5.29. The van der Waals surface area contributed by atoms with Crippen molar-refractivity contribution in [3.05, 3.63) is 101 Å². The SMILES string of the molecule is CN1C(=O)C(NC(=O)C2(C(OCc3ccccc3)C(N)=O)CCCC2)N=C(c2ccc(C(F)(F)F)cc2)c2ccccc21. The second-order valence-electron chi connectivity index (χ2n) is 10.8. The van der Waals surface area contributed by atoms with Gasteiger partial charge in [0.1, 0.15) is 0 Å². The van der Waals surface area contributed by atoms with E-state index in [-0.39, 0.29) is 12.3 Å². The largest absolute Gasteiger partial charge is 0.416 e. The molecule has 2 atom stereocenters.